The highest BCUT2D eigenvalue weighted by Gasteiger charge is 2.15. The molecule has 0 aliphatic heterocycles. The molecule has 0 bridgehead atoms. The number of halogens is 1. The topological polar surface area (TPSA) is 43.1 Å². The van der Waals surface area contributed by atoms with E-state index < -0.39 is 0 Å². The van der Waals surface area contributed by atoms with Crippen molar-refractivity contribution >= 4 is 32.2 Å². The van der Waals surface area contributed by atoms with Crippen LogP contribution in [0.25, 0.3) is 26.9 Å². The van der Waals surface area contributed by atoms with E-state index in [9.17, 15) is 0 Å². The highest BCUT2D eigenvalue weighted by molar-refractivity contribution is 9.10. The third kappa shape index (κ3) is 2.24. The molecule has 2 aromatic carbocycles. The molecule has 0 fully saturated rings. The predicted molar refractivity (Wildman–Crippen MR) is 92.0 cm³/mol. The zero-order valence-corrected chi connectivity index (χ0v) is 14.1. The molecule has 0 amide bonds. The second-order valence-electron chi connectivity index (χ2n) is 4.97. The van der Waals surface area contributed by atoms with E-state index in [2.05, 4.69) is 62.4 Å². The second-order valence-corrected chi connectivity index (χ2v) is 6.78. The molecule has 0 aliphatic carbocycles. The molecule has 0 saturated heterocycles. The summed E-state index contributed by atoms with van der Waals surface area (Å²) in [6.45, 7) is 2.08. The van der Waals surface area contributed by atoms with E-state index >= 15 is 0 Å². The van der Waals surface area contributed by atoms with Gasteiger partial charge in [-0.2, -0.15) is 9.61 Å². The van der Waals surface area contributed by atoms with Gasteiger partial charge in [0, 0.05) is 15.6 Å². The van der Waals surface area contributed by atoms with E-state index in [1.165, 1.54) is 5.56 Å². The number of hydrogen-bond acceptors (Lipinski definition) is 4. The number of hydrogen-bond donors (Lipinski definition) is 0. The molecule has 4 rings (SSSR count). The highest BCUT2D eigenvalue weighted by atomic mass is 79.9. The van der Waals surface area contributed by atoms with Crippen LogP contribution >= 0.6 is 27.3 Å². The van der Waals surface area contributed by atoms with Gasteiger partial charge in [0.15, 0.2) is 5.82 Å². The Balaban J connectivity index is 1.86. The Kier molecular flexibility index (Phi) is 3.28. The van der Waals surface area contributed by atoms with Crippen molar-refractivity contribution in [3.05, 3.63) is 58.6 Å². The molecule has 4 nitrogen and oxygen atoms in total. The van der Waals surface area contributed by atoms with E-state index in [1.807, 2.05) is 24.3 Å². The van der Waals surface area contributed by atoms with Crippen LogP contribution in [0, 0.1) is 6.92 Å². The maximum Gasteiger partial charge on any atom is 0.235 e. The number of nitrogens with zero attached hydrogens (tertiary/aromatic N) is 4. The lowest BCUT2D eigenvalue weighted by atomic mass is 10.2. The molecule has 0 atom stereocenters. The van der Waals surface area contributed by atoms with E-state index in [-0.39, 0.29) is 0 Å². The van der Waals surface area contributed by atoms with Gasteiger partial charge in [-0.05, 0) is 19.1 Å². The number of aromatic nitrogens is 4. The minimum atomic E-state index is 0.747. The Labute approximate surface area is 139 Å². The van der Waals surface area contributed by atoms with Gasteiger partial charge in [-0.1, -0.05) is 69.2 Å². The summed E-state index contributed by atoms with van der Waals surface area (Å²) in [6, 6.07) is 16.3. The fourth-order valence-electron chi connectivity index (χ4n) is 2.24. The van der Waals surface area contributed by atoms with E-state index in [4.69, 9.17) is 0 Å². The first-order valence-corrected chi connectivity index (χ1v) is 8.37. The summed E-state index contributed by atoms with van der Waals surface area (Å²) in [5.41, 5.74) is 3.32. The Hall–Kier alpha value is -2.05. The lowest BCUT2D eigenvalue weighted by Gasteiger charge is -2.00. The van der Waals surface area contributed by atoms with Gasteiger partial charge in [-0.25, -0.2) is 0 Å². The van der Waals surface area contributed by atoms with E-state index in [1.54, 1.807) is 15.9 Å². The van der Waals surface area contributed by atoms with Gasteiger partial charge in [0.2, 0.25) is 4.96 Å². The van der Waals surface area contributed by atoms with Crippen molar-refractivity contribution in [2.24, 2.45) is 0 Å². The maximum atomic E-state index is 4.68. The summed E-state index contributed by atoms with van der Waals surface area (Å²) >= 11 is 5.10. The Morgan fingerprint density at radius 2 is 1.77 bits per heavy atom. The first kappa shape index (κ1) is 13.6. The van der Waals surface area contributed by atoms with Crippen LogP contribution in [-0.2, 0) is 0 Å². The zero-order chi connectivity index (χ0) is 15.1. The van der Waals surface area contributed by atoms with Gasteiger partial charge in [0.25, 0.3) is 0 Å². The van der Waals surface area contributed by atoms with Crippen LogP contribution in [0.5, 0.6) is 0 Å². The van der Waals surface area contributed by atoms with Gasteiger partial charge in [0.05, 0.1) is 0 Å². The second kappa shape index (κ2) is 5.30. The molecule has 4 aromatic rings. The fourth-order valence-corrected chi connectivity index (χ4v) is 3.55. The van der Waals surface area contributed by atoms with Crippen molar-refractivity contribution in [3.8, 4) is 22.0 Å². The van der Waals surface area contributed by atoms with Gasteiger partial charge in [0.1, 0.15) is 5.01 Å². The first-order valence-electron chi connectivity index (χ1n) is 6.76. The molecule has 0 saturated carbocycles. The average Bonchev–Trinajstić information content (AvgIpc) is 3.09. The molecule has 0 N–H and O–H groups in total. The largest absolute Gasteiger partial charge is 0.235 e. The number of benzene rings is 2. The molecule has 2 aromatic heterocycles. The van der Waals surface area contributed by atoms with Crippen LogP contribution in [-0.4, -0.2) is 19.8 Å². The summed E-state index contributed by atoms with van der Waals surface area (Å²) in [7, 11) is 0. The molecule has 0 aliphatic rings. The van der Waals surface area contributed by atoms with Crippen LogP contribution in [0.4, 0.5) is 0 Å². The van der Waals surface area contributed by atoms with Crippen molar-refractivity contribution < 1.29 is 0 Å². The molecule has 2 heterocycles. The molecule has 0 unspecified atom stereocenters. The van der Waals surface area contributed by atoms with Crippen LogP contribution in [0.15, 0.2) is 53.0 Å². The number of fused-ring (bicyclic) bond motifs is 1. The van der Waals surface area contributed by atoms with Crippen LogP contribution in [0.2, 0.25) is 0 Å². The van der Waals surface area contributed by atoms with Gasteiger partial charge in [-0.15, -0.1) is 10.2 Å². The summed E-state index contributed by atoms with van der Waals surface area (Å²) in [4.78, 5) is 0.793. The van der Waals surface area contributed by atoms with Crippen molar-refractivity contribution in [2.75, 3.05) is 0 Å². The maximum absolute atomic E-state index is 4.68. The Morgan fingerprint density at radius 3 is 2.55 bits per heavy atom. The standard InChI is InChI=1S/C16H11BrN4S/c1-10-6-8-11(9-7-10)15-20-21-14(18-19-16(21)22-15)12-4-2-3-5-13(12)17/h2-9H,1H3. The quantitative estimate of drug-likeness (QED) is 0.518. The molecular formula is C16H11BrN4S. The normalized spacial score (nSPS) is 11.2. The van der Waals surface area contributed by atoms with Gasteiger partial charge >= 0.3 is 0 Å². The summed E-state index contributed by atoms with van der Waals surface area (Å²) in [5, 5.41) is 14.1. The van der Waals surface area contributed by atoms with E-state index in [0.29, 0.717) is 0 Å². The van der Waals surface area contributed by atoms with Gasteiger partial charge < -0.3 is 0 Å². The van der Waals surface area contributed by atoms with Crippen LogP contribution < -0.4 is 0 Å². The van der Waals surface area contributed by atoms with Gasteiger partial charge in [-0.3, -0.25) is 0 Å². The van der Waals surface area contributed by atoms with Crippen molar-refractivity contribution in [3.63, 3.8) is 0 Å². The monoisotopic (exact) mass is 370 g/mol. The molecular weight excluding hydrogens is 360 g/mol. The first-order chi connectivity index (χ1) is 10.7. The van der Waals surface area contributed by atoms with Crippen molar-refractivity contribution in [2.45, 2.75) is 6.92 Å². The summed E-state index contributed by atoms with van der Waals surface area (Å²) < 4.78 is 2.79. The number of rotatable bonds is 2. The molecule has 22 heavy (non-hydrogen) atoms. The fraction of sp³-hybridized carbons (Fsp3) is 0.0625. The predicted octanol–water partition coefficient (Wildman–Crippen LogP) is 4.59. The highest BCUT2D eigenvalue weighted by Crippen LogP contribution is 2.30. The lowest BCUT2D eigenvalue weighted by molar-refractivity contribution is 0.969. The smallest absolute Gasteiger partial charge is 0.182 e. The summed E-state index contributed by atoms with van der Waals surface area (Å²) in [5.74, 6) is 0.747. The summed E-state index contributed by atoms with van der Waals surface area (Å²) in [6.07, 6.45) is 0. The third-order valence-corrected chi connectivity index (χ3v) is 5.04. The Morgan fingerprint density at radius 1 is 1.00 bits per heavy atom. The Bertz CT molecular complexity index is 956. The van der Waals surface area contributed by atoms with E-state index in [0.717, 1.165) is 31.4 Å². The zero-order valence-electron chi connectivity index (χ0n) is 11.7. The molecule has 0 radical (unpaired) electrons. The van der Waals surface area contributed by atoms with Crippen molar-refractivity contribution in [1.29, 1.82) is 0 Å². The molecule has 0 spiro atoms. The average molecular weight is 371 g/mol. The number of aryl methyl sites for hydroxylation is 1. The minimum absolute atomic E-state index is 0.747. The van der Waals surface area contributed by atoms with Crippen LogP contribution in [0.1, 0.15) is 5.56 Å². The van der Waals surface area contributed by atoms with Crippen molar-refractivity contribution in [1.82, 2.24) is 19.8 Å². The molecule has 108 valence electrons. The lowest BCUT2D eigenvalue weighted by Crippen LogP contribution is -1.91. The SMILES string of the molecule is Cc1ccc(-c2nn3c(-c4ccccc4Br)nnc3s2)cc1. The molecule has 6 heteroatoms. The minimum Gasteiger partial charge on any atom is -0.182 e. The third-order valence-electron chi connectivity index (χ3n) is 3.40. The van der Waals surface area contributed by atoms with Crippen LogP contribution in [0.3, 0.4) is 0 Å².